The predicted octanol–water partition coefficient (Wildman–Crippen LogP) is 2.37. The molecule has 0 bridgehead atoms. The van der Waals surface area contributed by atoms with E-state index in [-0.39, 0.29) is 11.8 Å². The molecule has 2 rings (SSSR count). The van der Waals surface area contributed by atoms with Gasteiger partial charge in [0.1, 0.15) is 6.10 Å². The molecule has 2 unspecified atom stereocenters. The summed E-state index contributed by atoms with van der Waals surface area (Å²) in [6.45, 7) is 0.793. The highest BCUT2D eigenvalue weighted by Gasteiger charge is 2.44. The second-order valence-corrected chi connectivity index (χ2v) is 5.66. The van der Waals surface area contributed by atoms with Crippen LogP contribution in [0.15, 0.2) is 30.3 Å². The van der Waals surface area contributed by atoms with Gasteiger partial charge in [-0.15, -0.1) is 11.8 Å². The van der Waals surface area contributed by atoms with Gasteiger partial charge in [0.25, 0.3) is 0 Å². The first kappa shape index (κ1) is 15.2. The van der Waals surface area contributed by atoms with Crippen molar-refractivity contribution in [2.24, 2.45) is 0 Å². The summed E-state index contributed by atoms with van der Waals surface area (Å²) in [5.74, 6) is -1.44. The van der Waals surface area contributed by atoms with Crippen LogP contribution in [0.1, 0.15) is 5.56 Å². The van der Waals surface area contributed by atoms with E-state index in [0.717, 1.165) is 5.56 Å². The number of carbonyl (C=O) groups excluding carboxylic acids is 1. The molecule has 0 radical (unpaired) electrons. The molecule has 1 aromatic rings. The average Bonchev–Trinajstić information content (AvgIpc) is 2.84. The van der Waals surface area contributed by atoms with E-state index in [2.05, 4.69) is 10.1 Å². The van der Waals surface area contributed by atoms with Crippen LogP contribution in [0.3, 0.4) is 0 Å². The number of esters is 1. The molecule has 1 heterocycles. The van der Waals surface area contributed by atoms with Gasteiger partial charge in [0, 0.05) is 18.8 Å². The third-order valence-corrected chi connectivity index (χ3v) is 4.30. The molecule has 1 aliphatic heterocycles. The topological polar surface area (TPSA) is 38.3 Å². The number of carbonyl (C=O) groups is 1. The molecule has 0 aliphatic carbocycles. The molecule has 1 aromatic carbocycles. The number of alkyl halides is 3. The number of hydrogen-bond donors (Lipinski definition) is 1. The maximum Gasteiger partial charge on any atom is 0.490 e. The predicted molar refractivity (Wildman–Crippen MR) is 70.3 cm³/mol. The molecule has 0 saturated carbocycles. The lowest BCUT2D eigenvalue weighted by molar-refractivity contribution is -0.203. The Morgan fingerprint density at radius 2 is 2.00 bits per heavy atom. The van der Waals surface area contributed by atoms with E-state index >= 15 is 0 Å². The number of benzene rings is 1. The summed E-state index contributed by atoms with van der Waals surface area (Å²) in [5.41, 5.74) is 1.09. The van der Waals surface area contributed by atoms with E-state index in [9.17, 15) is 18.0 Å². The smallest absolute Gasteiger partial charge is 0.453 e. The van der Waals surface area contributed by atoms with Crippen molar-refractivity contribution >= 4 is 17.7 Å². The van der Waals surface area contributed by atoms with Crippen molar-refractivity contribution in [1.29, 1.82) is 0 Å². The highest BCUT2D eigenvalue weighted by Crippen LogP contribution is 2.26. The zero-order chi connectivity index (χ0) is 14.6. The van der Waals surface area contributed by atoms with Crippen molar-refractivity contribution in [2.75, 3.05) is 13.1 Å². The number of rotatable bonds is 4. The first-order valence-corrected chi connectivity index (χ1v) is 7.16. The third-order valence-electron chi connectivity index (χ3n) is 2.90. The first-order valence-electron chi connectivity index (χ1n) is 6.11. The molecule has 0 amide bonds. The quantitative estimate of drug-likeness (QED) is 0.867. The molecule has 1 fully saturated rings. The largest absolute Gasteiger partial charge is 0.490 e. The second-order valence-electron chi connectivity index (χ2n) is 4.43. The summed E-state index contributed by atoms with van der Waals surface area (Å²) in [6.07, 6.45) is -5.67. The average molecular weight is 305 g/mol. The minimum Gasteiger partial charge on any atom is -0.453 e. The number of nitrogens with one attached hydrogen (secondary N) is 1. The van der Waals surface area contributed by atoms with Gasteiger partial charge in [0.15, 0.2) is 0 Å². The Bertz CT molecular complexity index is 453. The van der Waals surface area contributed by atoms with Crippen LogP contribution in [0.25, 0.3) is 0 Å². The lowest BCUT2D eigenvalue weighted by atomic mass is 10.2. The van der Waals surface area contributed by atoms with Gasteiger partial charge in [-0.05, 0) is 5.56 Å². The molecular formula is C13H14F3NO2S. The molecule has 0 spiro atoms. The highest BCUT2D eigenvalue weighted by molar-refractivity contribution is 7.99. The highest BCUT2D eigenvalue weighted by atomic mass is 32.2. The Morgan fingerprint density at radius 1 is 1.30 bits per heavy atom. The van der Waals surface area contributed by atoms with Crippen LogP contribution >= 0.6 is 11.8 Å². The fraction of sp³-hybridized carbons (Fsp3) is 0.462. The first-order chi connectivity index (χ1) is 9.47. The van der Waals surface area contributed by atoms with Crippen LogP contribution in [-0.4, -0.2) is 36.6 Å². The van der Waals surface area contributed by atoms with Crippen molar-refractivity contribution in [1.82, 2.24) is 5.32 Å². The molecule has 1 aliphatic rings. The number of hydrogen-bond acceptors (Lipinski definition) is 4. The molecule has 0 aromatic heterocycles. The summed E-state index contributed by atoms with van der Waals surface area (Å²) in [5, 5.41) is 2.78. The molecule has 2 atom stereocenters. The van der Waals surface area contributed by atoms with Gasteiger partial charge >= 0.3 is 12.1 Å². The van der Waals surface area contributed by atoms with Gasteiger partial charge < -0.3 is 10.1 Å². The minimum absolute atomic E-state index is 0.165. The van der Waals surface area contributed by atoms with E-state index in [4.69, 9.17) is 0 Å². The van der Waals surface area contributed by atoms with Crippen LogP contribution in [0, 0.1) is 0 Å². The molecule has 3 nitrogen and oxygen atoms in total. The van der Waals surface area contributed by atoms with E-state index in [1.54, 1.807) is 0 Å². The summed E-state index contributed by atoms with van der Waals surface area (Å²) in [6, 6.07) is 9.62. The van der Waals surface area contributed by atoms with E-state index in [0.29, 0.717) is 12.3 Å². The lowest BCUT2D eigenvalue weighted by Gasteiger charge is -2.19. The van der Waals surface area contributed by atoms with E-state index < -0.39 is 18.2 Å². The second kappa shape index (κ2) is 6.49. The van der Waals surface area contributed by atoms with Gasteiger partial charge in [-0.2, -0.15) is 13.2 Å². The fourth-order valence-electron chi connectivity index (χ4n) is 1.90. The minimum atomic E-state index is -4.93. The Balaban J connectivity index is 1.86. The van der Waals surface area contributed by atoms with Crippen molar-refractivity contribution < 1.29 is 22.7 Å². The summed E-state index contributed by atoms with van der Waals surface area (Å²) < 4.78 is 41.1. The van der Waals surface area contributed by atoms with Gasteiger partial charge in [0.2, 0.25) is 0 Å². The Kier molecular flexibility index (Phi) is 4.93. The van der Waals surface area contributed by atoms with Gasteiger partial charge in [0.05, 0.1) is 5.25 Å². The number of ether oxygens (including phenoxy) is 1. The maximum absolute atomic E-state index is 12.2. The third kappa shape index (κ3) is 4.14. The number of thioether (sulfide) groups is 1. The molecular weight excluding hydrogens is 291 g/mol. The van der Waals surface area contributed by atoms with Gasteiger partial charge in [-0.3, -0.25) is 0 Å². The summed E-state index contributed by atoms with van der Waals surface area (Å²) >= 11 is 1.49. The molecule has 1 saturated heterocycles. The zero-order valence-corrected chi connectivity index (χ0v) is 11.3. The van der Waals surface area contributed by atoms with Crippen molar-refractivity contribution in [3.05, 3.63) is 35.9 Å². The van der Waals surface area contributed by atoms with Gasteiger partial charge in [-0.25, -0.2) is 4.79 Å². The van der Waals surface area contributed by atoms with Crippen molar-refractivity contribution in [3.8, 4) is 0 Å². The van der Waals surface area contributed by atoms with Gasteiger partial charge in [-0.1, -0.05) is 30.3 Å². The Hall–Kier alpha value is -1.21. The Morgan fingerprint density at radius 3 is 2.65 bits per heavy atom. The molecule has 1 N–H and O–H groups in total. The Labute approximate surface area is 118 Å². The van der Waals surface area contributed by atoms with E-state index in [1.165, 1.54) is 11.8 Å². The fourth-order valence-corrected chi connectivity index (χ4v) is 3.10. The molecule has 7 heteroatoms. The van der Waals surface area contributed by atoms with Crippen LogP contribution < -0.4 is 5.32 Å². The lowest BCUT2D eigenvalue weighted by Crippen LogP contribution is -2.34. The van der Waals surface area contributed by atoms with Crippen LogP contribution in [-0.2, 0) is 15.3 Å². The van der Waals surface area contributed by atoms with Crippen LogP contribution in [0.5, 0.6) is 0 Å². The van der Waals surface area contributed by atoms with Crippen LogP contribution in [0.2, 0.25) is 0 Å². The normalized spacial score (nSPS) is 22.8. The molecule has 110 valence electrons. The maximum atomic E-state index is 12.2. The zero-order valence-electron chi connectivity index (χ0n) is 10.5. The molecule has 20 heavy (non-hydrogen) atoms. The van der Waals surface area contributed by atoms with E-state index in [1.807, 2.05) is 30.3 Å². The number of halogens is 3. The standard InChI is InChI=1S/C13H14F3NO2S/c14-13(15,16)12(18)19-10-6-17-7-11(10)20-8-9-4-2-1-3-5-9/h1-5,10-11,17H,6-8H2. The SMILES string of the molecule is O=C(OC1CNCC1SCc1ccccc1)C(F)(F)F. The van der Waals surface area contributed by atoms with Crippen molar-refractivity contribution in [2.45, 2.75) is 23.3 Å². The monoisotopic (exact) mass is 305 g/mol. The van der Waals surface area contributed by atoms with Crippen molar-refractivity contribution in [3.63, 3.8) is 0 Å². The van der Waals surface area contributed by atoms with Crippen LogP contribution in [0.4, 0.5) is 13.2 Å². The summed E-state index contributed by atoms with van der Waals surface area (Å²) in [4.78, 5) is 10.9. The summed E-state index contributed by atoms with van der Waals surface area (Å²) in [7, 11) is 0.